The zero-order valence-electron chi connectivity index (χ0n) is 11.0. The van der Waals surface area contributed by atoms with Crippen LogP contribution in [-0.2, 0) is 6.18 Å². The van der Waals surface area contributed by atoms with Crippen molar-refractivity contribution in [3.05, 3.63) is 69.8 Å². The standard InChI is InChI=1S/C14H10F3N3O2/c15-14(16,17)11-5-3-6-12(8-11)19-18-9-10-4-1-2-7-13(10)20(21)22/h1-9,19H. The number of halogens is 3. The third-order valence-corrected chi connectivity index (χ3v) is 2.72. The molecule has 0 aliphatic carbocycles. The van der Waals surface area contributed by atoms with Crippen LogP contribution in [0.4, 0.5) is 24.5 Å². The summed E-state index contributed by atoms with van der Waals surface area (Å²) in [6.45, 7) is 0. The van der Waals surface area contributed by atoms with Gasteiger partial charge in [0.25, 0.3) is 5.69 Å². The van der Waals surface area contributed by atoms with E-state index in [2.05, 4.69) is 10.5 Å². The monoisotopic (exact) mass is 309 g/mol. The number of rotatable bonds is 4. The molecule has 0 aromatic heterocycles. The molecule has 114 valence electrons. The number of nitro benzene ring substituents is 1. The highest BCUT2D eigenvalue weighted by Gasteiger charge is 2.30. The number of nitrogens with zero attached hydrogens (tertiary/aromatic N) is 2. The molecule has 2 aromatic rings. The number of hydrogen-bond donors (Lipinski definition) is 1. The fourth-order valence-corrected chi connectivity index (χ4v) is 1.70. The van der Waals surface area contributed by atoms with Crippen molar-refractivity contribution in [2.75, 3.05) is 5.43 Å². The first-order chi connectivity index (χ1) is 10.4. The van der Waals surface area contributed by atoms with Gasteiger partial charge in [0.05, 0.1) is 28.0 Å². The number of alkyl halides is 3. The molecule has 0 aliphatic rings. The molecule has 2 rings (SSSR count). The van der Waals surface area contributed by atoms with E-state index in [9.17, 15) is 23.3 Å². The van der Waals surface area contributed by atoms with Crippen molar-refractivity contribution in [2.45, 2.75) is 6.18 Å². The Morgan fingerprint density at radius 2 is 1.86 bits per heavy atom. The minimum absolute atomic E-state index is 0.129. The molecule has 0 radical (unpaired) electrons. The Hall–Kier alpha value is -2.90. The van der Waals surface area contributed by atoms with Crippen LogP contribution < -0.4 is 5.43 Å². The summed E-state index contributed by atoms with van der Waals surface area (Å²) in [5, 5.41) is 14.5. The SMILES string of the molecule is O=[N+]([O-])c1ccccc1C=NNc1cccc(C(F)(F)F)c1. The fourth-order valence-electron chi connectivity index (χ4n) is 1.70. The van der Waals surface area contributed by atoms with Crippen molar-refractivity contribution in [3.63, 3.8) is 0 Å². The van der Waals surface area contributed by atoms with Crippen molar-refractivity contribution in [1.82, 2.24) is 0 Å². The second kappa shape index (κ2) is 6.25. The van der Waals surface area contributed by atoms with Crippen LogP contribution in [0.15, 0.2) is 53.6 Å². The quantitative estimate of drug-likeness (QED) is 0.526. The molecule has 8 heteroatoms. The van der Waals surface area contributed by atoms with E-state index < -0.39 is 16.7 Å². The summed E-state index contributed by atoms with van der Waals surface area (Å²) in [6.07, 6.45) is -3.27. The van der Waals surface area contributed by atoms with Crippen LogP contribution in [0.3, 0.4) is 0 Å². The molecule has 1 N–H and O–H groups in total. The summed E-state index contributed by atoms with van der Waals surface area (Å²) in [6, 6.07) is 10.4. The van der Waals surface area contributed by atoms with E-state index in [0.29, 0.717) is 0 Å². The molecule has 0 atom stereocenters. The van der Waals surface area contributed by atoms with E-state index in [1.807, 2.05) is 0 Å². The highest BCUT2D eigenvalue weighted by atomic mass is 19.4. The van der Waals surface area contributed by atoms with Crippen LogP contribution in [0.25, 0.3) is 0 Å². The van der Waals surface area contributed by atoms with Gasteiger partial charge >= 0.3 is 6.18 Å². The number of hydrazone groups is 1. The average Bonchev–Trinajstić information content (AvgIpc) is 2.47. The smallest absolute Gasteiger partial charge is 0.278 e. The molecule has 5 nitrogen and oxygen atoms in total. The number of nitrogens with one attached hydrogen (secondary N) is 1. The summed E-state index contributed by atoms with van der Waals surface area (Å²) in [7, 11) is 0. The van der Waals surface area contributed by atoms with E-state index in [1.165, 1.54) is 36.5 Å². The summed E-state index contributed by atoms with van der Waals surface area (Å²) < 4.78 is 37.7. The van der Waals surface area contributed by atoms with Crippen LogP contribution in [0.5, 0.6) is 0 Å². The van der Waals surface area contributed by atoms with Gasteiger partial charge in [-0.15, -0.1) is 0 Å². The van der Waals surface area contributed by atoms with E-state index >= 15 is 0 Å². The predicted octanol–water partition coefficient (Wildman–Crippen LogP) is 4.06. The van der Waals surface area contributed by atoms with Gasteiger partial charge in [-0.3, -0.25) is 15.5 Å². The molecule has 0 fully saturated rings. The Morgan fingerprint density at radius 1 is 1.14 bits per heavy atom. The van der Waals surface area contributed by atoms with Gasteiger partial charge in [-0.2, -0.15) is 18.3 Å². The molecule has 0 saturated carbocycles. The Labute approximate surface area is 123 Å². The summed E-state index contributed by atoms with van der Waals surface area (Å²) in [4.78, 5) is 10.2. The summed E-state index contributed by atoms with van der Waals surface area (Å²) in [5.74, 6) is 0. The maximum Gasteiger partial charge on any atom is 0.416 e. The Morgan fingerprint density at radius 3 is 2.55 bits per heavy atom. The van der Waals surface area contributed by atoms with Crippen LogP contribution >= 0.6 is 0 Å². The largest absolute Gasteiger partial charge is 0.416 e. The molecule has 0 aliphatic heterocycles. The first kappa shape index (κ1) is 15.5. The van der Waals surface area contributed by atoms with Crippen molar-refractivity contribution in [3.8, 4) is 0 Å². The van der Waals surface area contributed by atoms with E-state index in [-0.39, 0.29) is 16.9 Å². The van der Waals surface area contributed by atoms with Gasteiger partial charge in [-0.25, -0.2) is 0 Å². The molecular formula is C14H10F3N3O2. The van der Waals surface area contributed by atoms with Crippen molar-refractivity contribution >= 4 is 17.6 Å². The first-order valence-electron chi connectivity index (χ1n) is 6.07. The van der Waals surface area contributed by atoms with Gasteiger partial charge in [-0.1, -0.05) is 18.2 Å². The number of benzene rings is 2. The summed E-state index contributed by atoms with van der Waals surface area (Å²) >= 11 is 0. The molecule has 0 heterocycles. The van der Waals surface area contributed by atoms with Gasteiger partial charge < -0.3 is 0 Å². The zero-order valence-corrected chi connectivity index (χ0v) is 11.0. The Kier molecular flexibility index (Phi) is 4.40. The molecule has 0 saturated heterocycles. The van der Waals surface area contributed by atoms with Crippen molar-refractivity contribution < 1.29 is 18.1 Å². The van der Waals surface area contributed by atoms with Crippen LogP contribution in [0.2, 0.25) is 0 Å². The summed E-state index contributed by atoms with van der Waals surface area (Å²) in [5.41, 5.74) is 1.84. The van der Waals surface area contributed by atoms with Gasteiger partial charge in [0, 0.05) is 6.07 Å². The number of hydrogen-bond acceptors (Lipinski definition) is 4. The lowest BCUT2D eigenvalue weighted by molar-refractivity contribution is -0.385. The van der Waals surface area contributed by atoms with Crippen molar-refractivity contribution in [2.24, 2.45) is 5.10 Å². The molecule has 0 unspecified atom stereocenters. The minimum Gasteiger partial charge on any atom is -0.278 e. The number of para-hydroxylation sites is 1. The highest BCUT2D eigenvalue weighted by Crippen LogP contribution is 2.30. The first-order valence-corrected chi connectivity index (χ1v) is 6.07. The van der Waals surface area contributed by atoms with Gasteiger partial charge in [0.1, 0.15) is 0 Å². The Bertz CT molecular complexity index is 714. The number of anilines is 1. The topological polar surface area (TPSA) is 67.5 Å². The van der Waals surface area contributed by atoms with E-state index in [1.54, 1.807) is 6.07 Å². The second-order valence-electron chi connectivity index (χ2n) is 4.26. The maximum atomic E-state index is 12.6. The molecule has 22 heavy (non-hydrogen) atoms. The third kappa shape index (κ3) is 3.81. The normalized spacial score (nSPS) is 11.6. The van der Waals surface area contributed by atoms with Gasteiger partial charge in [-0.05, 0) is 24.3 Å². The molecule has 0 bridgehead atoms. The van der Waals surface area contributed by atoms with E-state index in [4.69, 9.17) is 0 Å². The lowest BCUT2D eigenvalue weighted by Crippen LogP contribution is -2.05. The van der Waals surface area contributed by atoms with E-state index in [0.717, 1.165) is 12.1 Å². The molecule has 0 amide bonds. The zero-order chi connectivity index (χ0) is 16.2. The molecule has 2 aromatic carbocycles. The second-order valence-corrected chi connectivity index (χ2v) is 4.26. The van der Waals surface area contributed by atoms with Gasteiger partial charge in [0.2, 0.25) is 0 Å². The Balaban J connectivity index is 2.15. The maximum absolute atomic E-state index is 12.6. The number of nitro groups is 1. The molecule has 0 spiro atoms. The third-order valence-electron chi connectivity index (χ3n) is 2.72. The van der Waals surface area contributed by atoms with Crippen LogP contribution in [-0.4, -0.2) is 11.1 Å². The highest BCUT2D eigenvalue weighted by molar-refractivity contribution is 5.85. The van der Waals surface area contributed by atoms with Gasteiger partial charge in [0.15, 0.2) is 0 Å². The molecular weight excluding hydrogens is 299 g/mol. The average molecular weight is 309 g/mol. The lowest BCUT2D eigenvalue weighted by atomic mass is 10.2. The van der Waals surface area contributed by atoms with Crippen LogP contribution in [0, 0.1) is 10.1 Å². The fraction of sp³-hybridized carbons (Fsp3) is 0.0714. The predicted molar refractivity (Wildman–Crippen MR) is 75.8 cm³/mol. The van der Waals surface area contributed by atoms with Crippen molar-refractivity contribution in [1.29, 1.82) is 0 Å². The minimum atomic E-state index is -4.44. The lowest BCUT2D eigenvalue weighted by Gasteiger charge is -2.08. The van der Waals surface area contributed by atoms with Crippen LogP contribution in [0.1, 0.15) is 11.1 Å².